The van der Waals surface area contributed by atoms with Crippen LogP contribution in [0.3, 0.4) is 0 Å². The summed E-state index contributed by atoms with van der Waals surface area (Å²) in [7, 11) is 0. The van der Waals surface area contributed by atoms with Gasteiger partial charge in [0.05, 0.1) is 44.8 Å². The molecule has 0 fully saturated rings. The lowest BCUT2D eigenvalue weighted by molar-refractivity contribution is -0.139. The van der Waals surface area contributed by atoms with Gasteiger partial charge < -0.3 is 13.9 Å². The van der Waals surface area contributed by atoms with Crippen LogP contribution in [0.15, 0.2) is 95.6 Å². The Labute approximate surface area is 253 Å². The van der Waals surface area contributed by atoms with E-state index in [9.17, 15) is 9.59 Å². The summed E-state index contributed by atoms with van der Waals surface area (Å²) in [5.74, 6) is 0.747. The quantitative estimate of drug-likeness (QED) is 0.199. The molecule has 4 heterocycles. The van der Waals surface area contributed by atoms with Crippen molar-refractivity contribution in [2.24, 2.45) is 4.99 Å². The van der Waals surface area contributed by atoms with E-state index in [2.05, 4.69) is 9.98 Å². The van der Waals surface area contributed by atoms with E-state index < -0.39 is 12.0 Å². The molecule has 1 aliphatic rings. The van der Waals surface area contributed by atoms with Crippen molar-refractivity contribution < 1.29 is 18.7 Å². The normalized spacial score (nSPS) is 15.3. The van der Waals surface area contributed by atoms with Gasteiger partial charge in [-0.05, 0) is 81.4 Å². The van der Waals surface area contributed by atoms with Crippen molar-refractivity contribution in [3.8, 4) is 5.75 Å². The molecule has 6 rings (SSSR count). The maximum atomic E-state index is 13.9. The third-order valence-corrected chi connectivity index (χ3v) is 9.42. The number of rotatable bonds is 8. The van der Waals surface area contributed by atoms with Crippen molar-refractivity contribution in [2.45, 2.75) is 49.3 Å². The minimum Gasteiger partial charge on any atom is -0.491 e. The van der Waals surface area contributed by atoms with Crippen LogP contribution in [0.25, 0.3) is 16.3 Å². The number of aromatic nitrogens is 2. The Kier molecular flexibility index (Phi) is 7.89. The summed E-state index contributed by atoms with van der Waals surface area (Å²) in [6, 6.07) is 18.4. The molecule has 42 heavy (non-hydrogen) atoms. The number of nitrogens with zero attached hydrogens (tertiary/aromatic N) is 3. The molecule has 0 aliphatic carbocycles. The molecule has 214 valence electrons. The predicted molar refractivity (Wildman–Crippen MR) is 165 cm³/mol. The average molecular weight is 618 g/mol. The number of carbonyl (C=O) groups excluding carboxylic acids is 1. The Balaban J connectivity index is 1.37. The lowest BCUT2D eigenvalue weighted by atomic mass is 9.96. The summed E-state index contributed by atoms with van der Waals surface area (Å²) in [6.45, 7) is 7.65. The number of carbonyl (C=O) groups is 1. The number of benzene rings is 2. The number of para-hydroxylation sites is 1. The number of ether oxygens (including phenoxy) is 2. The van der Waals surface area contributed by atoms with Gasteiger partial charge in [0.1, 0.15) is 11.5 Å². The molecule has 5 aromatic rings. The predicted octanol–water partition coefficient (Wildman–Crippen LogP) is 5.94. The van der Waals surface area contributed by atoms with E-state index >= 15 is 0 Å². The van der Waals surface area contributed by atoms with Crippen LogP contribution in [0.5, 0.6) is 5.75 Å². The number of fused-ring (bicyclic) bond motifs is 2. The smallest absolute Gasteiger partial charge is 0.338 e. The van der Waals surface area contributed by atoms with Gasteiger partial charge in [0, 0.05) is 6.08 Å². The first-order chi connectivity index (χ1) is 20.3. The zero-order valence-corrected chi connectivity index (χ0v) is 25.8. The van der Waals surface area contributed by atoms with Crippen LogP contribution in [0.2, 0.25) is 0 Å². The van der Waals surface area contributed by atoms with Crippen molar-refractivity contribution in [1.29, 1.82) is 0 Å². The lowest BCUT2D eigenvalue weighted by Gasteiger charge is -2.25. The standard InChI is InChI=1S/C31H27N3O5S3/c1-5-37-29(36)26-18(4)32-30-34(27(26)19-10-12-20(13-11-19)38-17(2)3)28(35)24(40-30)16-21-14-15-25(39-21)42-31-33-22-8-6-7-9-23(22)41-31/h6-17,27H,5H2,1-4H3/b24-16+/t27-/m1/s1. The second-order valence-electron chi connectivity index (χ2n) is 9.74. The van der Waals surface area contributed by atoms with Gasteiger partial charge in [-0.3, -0.25) is 9.36 Å². The van der Waals surface area contributed by atoms with Gasteiger partial charge in [0.15, 0.2) is 14.2 Å². The van der Waals surface area contributed by atoms with Crippen LogP contribution in [0.1, 0.15) is 45.1 Å². The fourth-order valence-corrected chi connectivity index (χ4v) is 7.68. The number of thiazole rings is 2. The van der Waals surface area contributed by atoms with E-state index in [0.717, 1.165) is 20.1 Å². The zero-order valence-electron chi connectivity index (χ0n) is 23.3. The van der Waals surface area contributed by atoms with Crippen LogP contribution in [0.4, 0.5) is 0 Å². The molecule has 0 saturated carbocycles. The summed E-state index contributed by atoms with van der Waals surface area (Å²) in [6.07, 6.45) is 1.74. The van der Waals surface area contributed by atoms with Crippen molar-refractivity contribution in [3.05, 3.63) is 103 Å². The first-order valence-corrected chi connectivity index (χ1v) is 15.8. The van der Waals surface area contributed by atoms with Gasteiger partial charge in [-0.2, -0.15) is 0 Å². The number of furan rings is 1. The molecule has 0 saturated heterocycles. The van der Waals surface area contributed by atoms with Crippen molar-refractivity contribution >= 4 is 56.7 Å². The molecule has 0 spiro atoms. The lowest BCUT2D eigenvalue weighted by Crippen LogP contribution is -2.39. The summed E-state index contributed by atoms with van der Waals surface area (Å²) >= 11 is 4.30. The average Bonchev–Trinajstić information content (AvgIpc) is 3.65. The zero-order chi connectivity index (χ0) is 29.4. The Morgan fingerprint density at radius 2 is 1.90 bits per heavy atom. The van der Waals surface area contributed by atoms with E-state index in [4.69, 9.17) is 13.9 Å². The summed E-state index contributed by atoms with van der Waals surface area (Å²) in [4.78, 5) is 36.8. The third kappa shape index (κ3) is 5.59. The van der Waals surface area contributed by atoms with E-state index in [-0.39, 0.29) is 18.3 Å². The molecule has 0 bridgehead atoms. The van der Waals surface area contributed by atoms with E-state index in [1.165, 1.54) is 23.1 Å². The molecule has 0 radical (unpaired) electrons. The highest BCUT2D eigenvalue weighted by atomic mass is 32.2. The van der Waals surface area contributed by atoms with E-state index in [1.54, 1.807) is 35.8 Å². The fourth-order valence-electron chi connectivity index (χ4n) is 4.68. The van der Waals surface area contributed by atoms with Crippen molar-refractivity contribution in [2.75, 3.05) is 6.61 Å². The molecule has 0 N–H and O–H groups in total. The molecule has 2 aromatic carbocycles. The summed E-state index contributed by atoms with van der Waals surface area (Å²) in [5, 5.41) is 0.676. The Morgan fingerprint density at radius 3 is 2.64 bits per heavy atom. The van der Waals surface area contributed by atoms with Gasteiger partial charge in [-0.1, -0.05) is 35.6 Å². The van der Waals surface area contributed by atoms with Gasteiger partial charge in [-0.15, -0.1) is 11.3 Å². The van der Waals surface area contributed by atoms with Gasteiger partial charge in [-0.25, -0.2) is 14.8 Å². The minimum atomic E-state index is -0.697. The number of hydrogen-bond acceptors (Lipinski definition) is 10. The topological polar surface area (TPSA) is 95.9 Å². The second kappa shape index (κ2) is 11.7. The third-order valence-electron chi connectivity index (χ3n) is 6.42. The highest BCUT2D eigenvalue weighted by molar-refractivity contribution is 8.01. The number of allylic oxidation sites excluding steroid dienone is 1. The molecular weight excluding hydrogens is 591 g/mol. The molecule has 11 heteroatoms. The highest BCUT2D eigenvalue weighted by Crippen LogP contribution is 2.35. The summed E-state index contributed by atoms with van der Waals surface area (Å²) in [5.41, 5.74) is 2.29. The van der Waals surface area contributed by atoms with Gasteiger partial charge in [0.25, 0.3) is 5.56 Å². The molecular formula is C31H27N3O5S3. The van der Waals surface area contributed by atoms with Crippen LogP contribution in [-0.4, -0.2) is 28.2 Å². The van der Waals surface area contributed by atoms with Crippen molar-refractivity contribution in [1.82, 2.24) is 9.55 Å². The van der Waals surface area contributed by atoms with E-state index in [1.807, 2.05) is 74.5 Å². The Morgan fingerprint density at radius 1 is 1.12 bits per heavy atom. The molecule has 0 amide bonds. The molecule has 1 aliphatic heterocycles. The molecule has 8 nitrogen and oxygen atoms in total. The number of hydrogen-bond donors (Lipinski definition) is 0. The summed E-state index contributed by atoms with van der Waals surface area (Å²) < 4.78 is 21.2. The second-order valence-corrected chi connectivity index (χ2v) is 13.0. The maximum absolute atomic E-state index is 13.9. The number of esters is 1. The van der Waals surface area contributed by atoms with Crippen LogP contribution in [-0.2, 0) is 9.53 Å². The largest absolute Gasteiger partial charge is 0.491 e. The molecule has 1 atom stereocenters. The van der Waals surface area contributed by atoms with Crippen molar-refractivity contribution in [3.63, 3.8) is 0 Å². The monoisotopic (exact) mass is 617 g/mol. The first kappa shape index (κ1) is 28.2. The molecule has 0 unspecified atom stereocenters. The Bertz CT molecular complexity index is 1960. The fraction of sp³-hybridized carbons (Fsp3) is 0.226. The van der Waals surface area contributed by atoms with Crippen LogP contribution >= 0.6 is 34.4 Å². The maximum Gasteiger partial charge on any atom is 0.338 e. The van der Waals surface area contributed by atoms with Gasteiger partial charge in [0.2, 0.25) is 0 Å². The van der Waals surface area contributed by atoms with Crippen LogP contribution in [0, 0.1) is 0 Å². The highest BCUT2D eigenvalue weighted by Gasteiger charge is 2.33. The Hall–Kier alpha value is -3.93. The first-order valence-electron chi connectivity index (χ1n) is 13.4. The SMILES string of the molecule is CCOC(=O)C1=C(C)N=c2s/c(=C/c3ccc(Sc4nc5ccccc5s4)o3)c(=O)n2[C@@H]1c1ccc(OC(C)C)cc1. The molecule has 3 aromatic heterocycles. The minimum absolute atomic E-state index is 0.0208. The van der Waals surface area contributed by atoms with Gasteiger partial charge >= 0.3 is 5.97 Å². The van der Waals surface area contributed by atoms with E-state index in [0.29, 0.717) is 37.2 Å². The van der Waals surface area contributed by atoms with Crippen LogP contribution < -0.4 is 19.6 Å².